The number of nitrogens with one attached hydrogen (secondary N) is 4. The Morgan fingerprint density at radius 1 is 0.628 bits per heavy atom. The Morgan fingerprint density at radius 2 is 1.00 bits per heavy atom. The second kappa shape index (κ2) is 18.6. The fraction of sp³-hybridized carbons (Fsp3) is 0.750. The number of carboxylic acid groups (broad SMARTS) is 2. The van der Waals surface area contributed by atoms with Gasteiger partial charge in [0.2, 0.25) is 17.7 Å². The summed E-state index contributed by atoms with van der Waals surface area (Å²) >= 11 is 0. The SMILES string of the molecule is COC(=O)[C@@H](CC(C)C)NC(=O)[C@H](CCC(=O)O)NC(=O)[C@H](CCC(=O)O)NC(=O)[C@H](CC(C)C)NC(=O)OC(C)(C)C. The second-order valence-corrected chi connectivity index (χ2v) is 12.0. The lowest BCUT2D eigenvalue weighted by atomic mass is 10.0. The molecular weight excluding hydrogens is 568 g/mol. The lowest BCUT2D eigenvalue weighted by Gasteiger charge is -2.27. The summed E-state index contributed by atoms with van der Waals surface area (Å²) in [6.07, 6.45) is -2.29. The van der Waals surface area contributed by atoms with Gasteiger partial charge in [-0.3, -0.25) is 24.0 Å². The Kier molecular flexibility index (Phi) is 16.9. The average Bonchev–Trinajstić information content (AvgIpc) is 2.85. The Balaban J connectivity index is 6.04. The number of alkyl carbamates (subject to hydrolysis) is 1. The summed E-state index contributed by atoms with van der Waals surface area (Å²) in [5, 5.41) is 28.1. The maximum absolute atomic E-state index is 13.3. The summed E-state index contributed by atoms with van der Waals surface area (Å²) in [4.78, 5) is 86.7. The van der Waals surface area contributed by atoms with Crippen LogP contribution in [0.2, 0.25) is 0 Å². The molecular formula is C28H48N4O11. The quantitative estimate of drug-likeness (QED) is 0.120. The molecule has 0 aromatic carbocycles. The molecule has 0 heterocycles. The molecule has 0 saturated heterocycles. The maximum Gasteiger partial charge on any atom is 0.408 e. The molecule has 0 aliphatic heterocycles. The Morgan fingerprint density at radius 3 is 1.35 bits per heavy atom. The molecule has 0 aliphatic carbocycles. The Hall–Kier alpha value is -3.91. The van der Waals surface area contributed by atoms with E-state index in [1.165, 1.54) is 0 Å². The Bertz CT molecular complexity index is 992. The number of hydrogen-bond acceptors (Lipinski definition) is 9. The van der Waals surface area contributed by atoms with Crippen molar-refractivity contribution in [1.82, 2.24) is 21.3 Å². The van der Waals surface area contributed by atoms with Crippen LogP contribution in [0.25, 0.3) is 0 Å². The predicted octanol–water partition coefficient (Wildman–Crippen LogP) is 1.33. The molecule has 43 heavy (non-hydrogen) atoms. The summed E-state index contributed by atoms with van der Waals surface area (Å²) in [7, 11) is 1.14. The monoisotopic (exact) mass is 616 g/mol. The van der Waals surface area contributed by atoms with Gasteiger partial charge in [-0.15, -0.1) is 0 Å². The van der Waals surface area contributed by atoms with Crippen LogP contribution in [-0.2, 0) is 38.2 Å². The molecule has 15 heteroatoms. The molecule has 0 aromatic heterocycles. The highest BCUT2D eigenvalue weighted by Gasteiger charge is 2.33. The third-order valence-electron chi connectivity index (χ3n) is 5.78. The zero-order chi connectivity index (χ0) is 33.5. The minimum Gasteiger partial charge on any atom is -0.481 e. The number of methoxy groups -OCH3 is 1. The van der Waals surface area contributed by atoms with Crippen LogP contribution in [0.1, 0.15) is 87.0 Å². The van der Waals surface area contributed by atoms with E-state index in [1.807, 2.05) is 13.8 Å². The standard InChI is InChI=1S/C28H48N4O11/c1-15(2)13-19(32-27(41)43-28(5,6)7)25(39)30-17(9-11-21(33)34)23(37)29-18(10-12-22(35)36)24(38)31-20(14-16(3)4)26(40)42-8/h15-20H,9-14H2,1-8H3,(H,29,37)(H,30,39)(H,31,38)(H,32,41)(H,33,34)(H,35,36)/t17-,18-,19-,20+/m0/s1. The minimum atomic E-state index is -1.47. The van der Waals surface area contributed by atoms with Gasteiger partial charge in [-0.2, -0.15) is 0 Å². The van der Waals surface area contributed by atoms with Gasteiger partial charge in [0.1, 0.15) is 29.8 Å². The van der Waals surface area contributed by atoms with Crippen LogP contribution in [-0.4, -0.2) is 88.8 Å². The van der Waals surface area contributed by atoms with Crippen molar-refractivity contribution in [2.45, 2.75) is 117 Å². The number of carbonyl (C=O) groups is 7. The summed E-state index contributed by atoms with van der Waals surface area (Å²) in [6.45, 7) is 12.2. The summed E-state index contributed by atoms with van der Waals surface area (Å²) in [6, 6.07) is -5.12. The highest BCUT2D eigenvalue weighted by Crippen LogP contribution is 2.12. The topological polar surface area (TPSA) is 227 Å². The van der Waals surface area contributed by atoms with Gasteiger partial charge >= 0.3 is 24.0 Å². The normalized spacial score (nSPS) is 14.1. The van der Waals surface area contributed by atoms with Gasteiger partial charge in [0.15, 0.2) is 0 Å². The Labute approximate surface area is 252 Å². The molecule has 0 aliphatic rings. The van der Waals surface area contributed by atoms with E-state index >= 15 is 0 Å². The van der Waals surface area contributed by atoms with E-state index < -0.39 is 84.3 Å². The molecule has 0 rings (SSSR count). The number of carboxylic acids is 2. The van der Waals surface area contributed by atoms with Gasteiger partial charge in [-0.25, -0.2) is 9.59 Å². The molecule has 0 aromatic rings. The van der Waals surface area contributed by atoms with Gasteiger partial charge in [0.05, 0.1) is 7.11 Å². The molecule has 0 saturated carbocycles. The van der Waals surface area contributed by atoms with Crippen LogP contribution >= 0.6 is 0 Å². The first-order valence-corrected chi connectivity index (χ1v) is 14.2. The van der Waals surface area contributed by atoms with E-state index in [2.05, 4.69) is 21.3 Å². The van der Waals surface area contributed by atoms with Crippen LogP contribution in [0.4, 0.5) is 4.79 Å². The van der Waals surface area contributed by atoms with Crippen molar-refractivity contribution in [3.05, 3.63) is 0 Å². The minimum absolute atomic E-state index is 0.0276. The van der Waals surface area contributed by atoms with E-state index in [0.717, 1.165) is 7.11 Å². The zero-order valence-electron chi connectivity index (χ0n) is 26.3. The van der Waals surface area contributed by atoms with E-state index in [4.69, 9.17) is 14.6 Å². The first-order valence-electron chi connectivity index (χ1n) is 14.2. The van der Waals surface area contributed by atoms with Gasteiger partial charge < -0.3 is 41.0 Å². The van der Waals surface area contributed by atoms with Crippen LogP contribution in [0.3, 0.4) is 0 Å². The van der Waals surface area contributed by atoms with Gasteiger partial charge in [0, 0.05) is 12.8 Å². The second-order valence-electron chi connectivity index (χ2n) is 12.0. The molecule has 246 valence electrons. The van der Waals surface area contributed by atoms with E-state index in [0.29, 0.717) is 0 Å². The number of ether oxygens (including phenoxy) is 2. The van der Waals surface area contributed by atoms with Crippen molar-refractivity contribution in [2.24, 2.45) is 11.8 Å². The smallest absolute Gasteiger partial charge is 0.408 e. The van der Waals surface area contributed by atoms with Crippen LogP contribution in [0.5, 0.6) is 0 Å². The highest BCUT2D eigenvalue weighted by molar-refractivity contribution is 5.95. The number of amides is 4. The number of hydrogen-bond donors (Lipinski definition) is 6. The van der Waals surface area contributed by atoms with E-state index in [-0.39, 0.29) is 37.5 Å². The summed E-state index contributed by atoms with van der Waals surface area (Å²) in [5.74, 6) is -5.95. The van der Waals surface area contributed by atoms with Crippen molar-refractivity contribution in [3.63, 3.8) is 0 Å². The summed E-state index contributed by atoms with van der Waals surface area (Å²) < 4.78 is 9.96. The third kappa shape index (κ3) is 17.6. The molecule has 0 radical (unpaired) electrons. The van der Waals surface area contributed by atoms with E-state index in [9.17, 15) is 38.7 Å². The van der Waals surface area contributed by atoms with Crippen LogP contribution in [0, 0.1) is 11.8 Å². The fourth-order valence-electron chi connectivity index (χ4n) is 3.87. The molecule has 0 unspecified atom stereocenters. The van der Waals surface area contributed by atoms with Crippen LogP contribution in [0.15, 0.2) is 0 Å². The van der Waals surface area contributed by atoms with Crippen molar-refractivity contribution >= 4 is 41.7 Å². The van der Waals surface area contributed by atoms with Crippen molar-refractivity contribution < 1.29 is 53.2 Å². The number of aliphatic carboxylic acids is 2. The van der Waals surface area contributed by atoms with Crippen LogP contribution < -0.4 is 21.3 Å². The predicted molar refractivity (Wildman–Crippen MR) is 154 cm³/mol. The van der Waals surface area contributed by atoms with Crippen molar-refractivity contribution in [1.29, 1.82) is 0 Å². The summed E-state index contributed by atoms with van der Waals surface area (Å²) in [5.41, 5.74) is -0.847. The van der Waals surface area contributed by atoms with Gasteiger partial charge in [0.25, 0.3) is 0 Å². The van der Waals surface area contributed by atoms with Gasteiger partial charge in [-0.05, 0) is 58.3 Å². The molecule has 0 fully saturated rings. The molecule has 4 atom stereocenters. The third-order valence-corrected chi connectivity index (χ3v) is 5.78. The van der Waals surface area contributed by atoms with Gasteiger partial charge in [-0.1, -0.05) is 27.7 Å². The molecule has 0 spiro atoms. The number of carbonyl (C=O) groups excluding carboxylic acids is 5. The largest absolute Gasteiger partial charge is 0.481 e. The van der Waals surface area contributed by atoms with Crippen molar-refractivity contribution in [2.75, 3.05) is 7.11 Å². The lowest BCUT2D eigenvalue weighted by Crippen LogP contribution is -2.58. The fourth-order valence-corrected chi connectivity index (χ4v) is 3.87. The number of rotatable bonds is 18. The van der Waals surface area contributed by atoms with E-state index in [1.54, 1.807) is 34.6 Å². The highest BCUT2D eigenvalue weighted by atomic mass is 16.6. The average molecular weight is 617 g/mol. The molecule has 4 amide bonds. The molecule has 0 bridgehead atoms. The first-order chi connectivity index (χ1) is 19.7. The molecule has 6 N–H and O–H groups in total. The zero-order valence-corrected chi connectivity index (χ0v) is 26.3. The maximum atomic E-state index is 13.3. The molecule has 15 nitrogen and oxygen atoms in total. The lowest BCUT2D eigenvalue weighted by molar-refractivity contribution is -0.146. The first kappa shape index (κ1) is 39.1. The number of esters is 1. The van der Waals surface area contributed by atoms with Crippen molar-refractivity contribution in [3.8, 4) is 0 Å².